The Bertz CT molecular complexity index is 567. The molecule has 0 radical (unpaired) electrons. The number of carboxylic acids is 1. The molecule has 1 aliphatic rings. The molecule has 2 rings (SSSR count). The number of aliphatic hydroxyl groups is 1. The summed E-state index contributed by atoms with van der Waals surface area (Å²) >= 11 is 0.981. The van der Waals surface area contributed by atoms with E-state index in [1.807, 2.05) is 0 Å². The van der Waals surface area contributed by atoms with Crippen molar-refractivity contribution in [2.45, 2.75) is 29.7 Å². The van der Waals surface area contributed by atoms with Gasteiger partial charge >= 0.3 is 5.97 Å². The van der Waals surface area contributed by atoms with Crippen LogP contribution in [0.5, 0.6) is 0 Å². The molecule has 0 saturated carbocycles. The Morgan fingerprint density at radius 3 is 2.78 bits per heavy atom. The molecular weight excluding hydrogens is 280 g/mol. The minimum atomic E-state index is -3.90. The van der Waals surface area contributed by atoms with Gasteiger partial charge in [-0.1, -0.05) is 0 Å². The highest BCUT2D eigenvalue weighted by Gasteiger charge is 2.44. The van der Waals surface area contributed by atoms with Gasteiger partial charge in [-0.25, -0.2) is 13.4 Å². The quantitative estimate of drug-likeness (QED) is 0.789. The van der Waals surface area contributed by atoms with E-state index < -0.39 is 28.1 Å². The molecule has 100 valence electrons. The molecule has 7 nitrogen and oxygen atoms in total. The molecule has 0 aliphatic carbocycles. The first-order valence-electron chi connectivity index (χ1n) is 5.17. The number of carboxylic acid groups (broad SMARTS) is 1. The molecule has 0 aromatic carbocycles. The van der Waals surface area contributed by atoms with Gasteiger partial charge in [0.05, 0.1) is 17.3 Å². The van der Waals surface area contributed by atoms with E-state index in [2.05, 4.69) is 4.98 Å². The standard InChI is InChI=1S/C9H12N2O5S2/c1-5-10-3-8(17-5)18(15,16)11-4-6(12)2-7(11)9(13)14/h3,6-7,12H,2,4H2,1H3,(H,13,14)/t6-,7+/m1/s1. The van der Waals surface area contributed by atoms with E-state index in [0.29, 0.717) is 5.01 Å². The van der Waals surface area contributed by atoms with E-state index in [-0.39, 0.29) is 17.2 Å². The summed E-state index contributed by atoms with van der Waals surface area (Å²) < 4.78 is 25.3. The largest absolute Gasteiger partial charge is 0.480 e. The second-order valence-corrected chi connectivity index (χ2v) is 7.37. The van der Waals surface area contributed by atoms with E-state index in [0.717, 1.165) is 15.6 Å². The smallest absolute Gasteiger partial charge is 0.322 e. The first-order chi connectivity index (χ1) is 8.32. The van der Waals surface area contributed by atoms with Crippen LogP contribution in [0.1, 0.15) is 11.4 Å². The molecule has 9 heteroatoms. The van der Waals surface area contributed by atoms with E-state index in [1.165, 1.54) is 6.20 Å². The fraction of sp³-hybridized carbons (Fsp3) is 0.556. The lowest BCUT2D eigenvalue weighted by Gasteiger charge is -2.19. The molecule has 0 bridgehead atoms. The summed E-state index contributed by atoms with van der Waals surface area (Å²) in [5.41, 5.74) is 0. The van der Waals surface area contributed by atoms with E-state index in [9.17, 15) is 18.3 Å². The van der Waals surface area contributed by atoms with Gasteiger partial charge in [0.2, 0.25) is 0 Å². The van der Waals surface area contributed by atoms with Crippen LogP contribution in [0, 0.1) is 6.92 Å². The Hall–Kier alpha value is -1.03. The Morgan fingerprint density at radius 1 is 1.61 bits per heavy atom. The maximum absolute atomic E-state index is 12.2. The predicted octanol–water partition coefficient (Wildman–Crippen LogP) is -0.340. The minimum absolute atomic E-state index is 0.000324. The highest BCUT2D eigenvalue weighted by Crippen LogP contribution is 2.29. The normalized spacial score (nSPS) is 25.4. The number of carbonyl (C=O) groups is 1. The van der Waals surface area contributed by atoms with Crippen LogP contribution in [0.4, 0.5) is 0 Å². The van der Waals surface area contributed by atoms with Crippen LogP contribution in [0.2, 0.25) is 0 Å². The summed E-state index contributed by atoms with van der Waals surface area (Å²) in [4.78, 5) is 14.9. The van der Waals surface area contributed by atoms with Gasteiger partial charge in [0.15, 0.2) is 4.21 Å². The van der Waals surface area contributed by atoms with Gasteiger partial charge in [0, 0.05) is 13.0 Å². The number of thiazole rings is 1. The van der Waals surface area contributed by atoms with Gasteiger partial charge in [0.25, 0.3) is 10.0 Å². The summed E-state index contributed by atoms with van der Waals surface area (Å²) in [5, 5.41) is 19.0. The fourth-order valence-corrected chi connectivity index (χ4v) is 4.72. The van der Waals surface area contributed by atoms with Gasteiger partial charge in [0.1, 0.15) is 6.04 Å². The van der Waals surface area contributed by atoms with Gasteiger partial charge < -0.3 is 10.2 Å². The zero-order valence-corrected chi connectivity index (χ0v) is 11.1. The van der Waals surface area contributed by atoms with Crippen LogP contribution in [-0.4, -0.2) is 52.6 Å². The molecule has 18 heavy (non-hydrogen) atoms. The van der Waals surface area contributed by atoms with E-state index in [1.54, 1.807) is 6.92 Å². The number of hydrogen-bond donors (Lipinski definition) is 2. The van der Waals surface area contributed by atoms with Crippen LogP contribution in [0.3, 0.4) is 0 Å². The molecule has 1 aliphatic heterocycles. The van der Waals surface area contributed by atoms with E-state index >= 15 is 0 Å². The van der Waals surface area contributed by atoms with Crippen molar-refractivity contribution in [1.82, 2.24) is 9.29 Å². The monoisotopic (exact) mass is 292 g/mol. The maximum Gasteiger partial charge on any atom is 0.322 e. The number of rotatable bonds is 3. The van der Waals surface area contributed by atoms with Crippen molar-refractivity contribution in [2.75, 3.05) is 6.54 Å². The highest BCUT2D eigenvalue weighted by atomic mass is 32.2. The number of hydrogen-bond acceptors (Lipinski definition) is 6. The second kappa shape index (κ2) is 4.57. The van der Waals surface area contributed by atoms with Crippen LogP contribution in [-0.2, 0) is 14.8 Å². The maximum atomic E-state index is 12.2. The van der Waals surface area contributed by atoms with Crippen molar-refractivity contribution in [3.8, 4) is 0 Å². The molecule has 2 atom stereocenters. The molecule has 0 amide bonds. The summed E-state index contributed by atoms with van der Waals surface area (Å²) in [5.74, 6) is -1.25. The molecule has 0 spiro atoms. The number of sulfonamides is 1. The van der Waals surface area contributed by atoms with Crippen LogP contribution < -0.4 is 0 Å². The van der Waals surface area contributed by atoms with Gasteiger partial charge in [-0.15, -0.1) is 11.3 Å². The summed E-state index contributed by atoms with van der Waals surface area (Å²) in [6.07, 6.45) is 0.167. The Kier molecular flexibility index (Phi) is 3.41. The predicted molar refractivity (Wildman–Crippen MR) is 62.8 cm³/mol. The molecule has 1 saturated heterocycles. The molecule has 1 fully saturated rings. The Morgan fingerprint density at radius 2 is 2.28 bits per heavy atom. The molecule has 1 aromatic heterocycles. The first kappa shape index (κ1) is 13.4. The van der Waals surface area contributed by atoms with Crippen LogP contribution in [0.15, 0.2) is 10.4 Å². The van der Waals surface area contributed by atoms with Gasteiger partial charge in [-0.05, 0) is 6.92 Å². The van der Waals surface area contributed by atoms with Crippen molar-refractivity contribution >= 4 is 27.3 Å². The van der Waals surface area contributed by atoms with Crippen LogP contribution >= 0.6 is 11.3 Å². The third-order valence-electron chi connectivity index (χ3n) is 2.68. The first-order valence-corrected chi connectivity index (χ1v) is 7.43. The molecule has 2 heterocycles. The summed E-state index contributed by atoms with van der Waals surface area (Å²) in [7, 11) is -3.90. The zero-order chi connectivity index (χ0) is 13.5. The SMILES string of the molecule is Cc1ncc(S(=O)(=O)N2C[C@H](O)C[C@H]2C(=O)O)s1. The van der Waals surface area contributed by atoms with E-state index in [4.69, 9.17) is 5.11 Å². The molecule has 0 unspecified atom stereocenters. The van der Waals surface area contributed by atoms with Crippen molar-refractivity contribution in [1.29, 1.82) is 0 Å². The number of aromatic nitrogens is 1. The zero-order valence-electron chi connectivity index (χ0n) is 9.48. The van der Waals surface area contributed by atoms with Crippen molar-refractivity contribution < 1.29 is 23.4 Å². The number of nitrogens with zero attached hydrogens (tertiary/aromatic N) is 2. The Labute approximate surface area is 108 Å². The average molecular weight is 292 g/mol. The lowest BCUT2D eigenvalue weighted by molar-refractivity contribution is -0.140. The van der Waals surface area contributed by atoms with Crippen molar-refractivity contribution in [3.05, 3.63) is 11.2 Å². The number of aliphatic carboxylic acids is 1. The third-order valence-corrected chi connectivity index (χ3v) is 5.91. The second-order valence-electron chi connectivity index (χ2n) is 4.02. The highest BCUT2D eigenvalue weighted by molar-refractivity contribution is 7.91. The summed E-state index contributed by atoms with van der Waals surface area (Å²) in [6, 6.07) is -1.22. The topological polar surface area (TPSA) is 108 Å². The summed E-state index contributed by atoms with van der Waals surface area (Å²) in [6.45, 7) is 1.47. The van der Waals surface area contributed by atoms with Gasteiger partial charge in [-0.3, -0.25) is 4.79 Å². The lowest BCUT2D eigenvalue weighted by atomic mass is 10.2. The van der Waals surface area contributed by atoms with Gasteiger partial charge in [-0.2, -0.15) is 4.31 Å². The molecule has 2 N–H and O–H groups in total. The average Bonchev–Trinajstić information content (AvgIpc) is 2.84. The van der Waals surface area contributed by atoms with Crippen molar-refractivity contribution in [3.63, 3.8) is 0 Å². The number of aliphatic hydroxyl groups excluding tert-OH is 1. The van der Waals surface area contributed by atoms with Crippen LogP contribution in [0.25, 0.3) is 0 Å². The third kappa shape index (κ3) is 2.26. The molecular formula is C9H12N2O5S2. The minimum Gasteiger partial charge on any atom is -0.480 e. The van der Waals surface area contributed by atoms with Crippen molar-refractivity contribution in [2.24, 2.45) is 0 Å². The molecule has 1 aromatic rings. The number of β-amino-alcohol motifs (C(OH)–C–C–N with tert-alkyl or cyclic N) is 1. The Balaban J connectivity index is 2.38. The number of aryl methyl sites for hydroxylation is 1. The fourth-order valence-electron chi connectivity index (χ4n) is 1.85. The lowest BCUT2D eigenvalue weighted by Crippen LogP contribution is -2.40.